The van der Waals surface area contributed by atoms with Gasteiger partial charge in [0.15, 0.2) is 0 Å². The number of rotatable bonds is 5. The van der Waals surface area contributed by atoms with Crippen LogP contribution >= 0.6 is 0 Å². The van der Waals surface area contributed by atoms with Gasteiger partial charge in [-0.15, -0.1) is 0 Å². The molecular formula is C23H28FN3O2. The highest BCUT2D eigenvalue weighted by molar-refractivity contribution is 5.90. The van der Waals surface area contributed by atoms with Gasteiger partial charge in [-0.05, 0) is 48.6 Å². The fourth-order valence-electron chi connectivity index (χ4n) is 3.68. The second-order valence-corrected chi connectivity index (χ2v) is 7.86. The zero-order valence-electron chi connectivity index (χ0n) is 16.9. The molecule has 1 saturated heterocycles. The number of carbonyl (C=O) groups excluding carboxylic acids is 2. The second kappa shape index (κ2) is 9.54. The molecule has 0 saturated carbocycles. The zero-order valence-corrected chi connectivity index (χ0v) is 16.9. The van der Waals surface area contributed by atoms with Crippen molar-refractivity contribution in [3.8, 4) is 0 Å². The number of urea groups is 1. The fourth-order valence-corrected chi connectivity index (χ4v) is 3.68. The molecule has 0 unspecified atom stereocenters. The van der Waals surface area contributed by atoms with Crippen LogP contribution in [0.1, 0.15) is 38.3 Å². The van der Waals surface area contributed by atoms with E-state index in [-0.39, 0.29) is 35.6 Å². The van der Waals surface area contributed by atoms with Gasteiger partial charge in [0.2, 0.25) is 5.91 Å². The SMILES string of the molecule is CC(C)[C@@H](NC(=O)[C@H]1CCCN(C(=O)Nc2ccccc2)C1)c1ccc(F)cc1. The number of para-hydroxylation sites is 1. The fraction of sp³-hybridized carbons (Fsp3) is 0.391. The second-order valence-electron chi connectivity index (χ2n) is 7.86. The molecule has 0 bridgehead atoms. The van der Waals surface area contributed by atoms with E-state index < -0.39 is 0 Å². The monoisotopic (exact) mass is 397 g/mol. The minimum atomic E-state index is -0.296. The van der Waals surface area contributed by atoms with E-state index in [0.29, 0.717) is 13.1 Å². The Bertz CT molecular complexity index is 824. The van der Waals surface area contributed by atoms with Crippen molar-refractivity contribution in [1.29, 1.82) is 0 Å². The molecule has 3 amide bonds. The van der Waals surface area contributed by atoms with Crippen molar-refractivity contribution >= 4 is 17.6 Å². The summed E-state index contributed by atoms with van der Waals surface area (Å²) in [6, 6.07) is 15.1. The minimum Gasteiger partial charge on any atom is -0.349 e. The summed E-state index contributed by atoms with van der Waals surface area (Å²) in [6.45, 7) is 5.07. The molecule has 1 heterocycles. The molecule has 1 aliphatic rings. The summed E-state index contributed by atoms with van der Waals surface area (Å²) in [5.74, 6) is -0.461. The Morgan fingerprint density at radius 2 is 1.76 bits per heavy atom. The summed E-state index contributed by atoms with van der Waals surface area (Å²) in [7, 11) is 0. The van der Waals surface area contributed by atoms with E-state index in [4.69, 9.17) is 0 Å². The summed E-state index contributed by atoms with van der Waals surface area (Å²) in [5, 5.41) is 5.99. The first-order chi connectivity index (χ1) is 13.9. The number of nitrogens with one attached hydrogen (secondary N) is 2. The van der Waals surface area contributed by atoms with Crippen molar-refractivity contribution in [2.75, 3.05) is 18.4 Å². The highest BCUT2D eigenvalue weighted by Gasteiger charge is 2.30. The molecule has 3 rings (SSSR count). The Hall–Kier alpha value is -2.89. The van der Waals surface area contributed by atoms with Crippen molar-refractivity contribution in [2.45, 2.75) is 32.7 Å². The van der Waals surface area contributed by atoms with Crippen molar-refractivity contribution in [2.24, 2.45) is 11.8 Å². The van der Waals surface area contributed by atoms with E-state index in [1.807, 2.05) is 44.2 Å². The van der Waals surface area contributed by atoms with Crippen molar-refractivity contribution in [3.63, 3.8) is 0 Å². The van der Waals surface area contributed by atoms with Gasteiger partial charge in [-0.1, -0.05) is 44.2 Å². The number of likely N-dealkylation sites (tertiary alicyclic amines) is 1. The average Bonchev–Trinajstić information content (AvgIpc) is 2.73. The van der Waals surface area contributed by atoms with Gasteiger partial charge in [-0.2, -0.15) is 0 Å². The summed E-state index contributed by atoms with van der Waals surface area (Å²) < 4.78 is 13.2. The average molecular weight is 397 g/mol. The molecule has 1 fully saturated rings. The van der Waals surface area contributed by atoms with E-state index in [2.05, 4.69) is 10.6 Å². The lowest BCUT2D eigenvalue weighted by Gasteiger charge is -2.33. The summed E-state index contributed by atoms with van der Waals surface area (Å²) >= 11 is 0. The molecule has 154 valence electrons. The quantitative estimate of drug-likeness (QED) is 0.776. The molecule has 0 spiro atoms. The third-order valence-corrected chi connectivity index (χ3v) is 5.30. The molecule has 0 aliphatic carbocycles. The molecule has 29 heavy (non-hydrogen) atoms. The third kappa shape index (κ3) is 5.56. The van der Waals surface area contributed by atoms with E-state index in [1.165, 1.54) is 12.1 Å². The van der Waals surface area contributed by atoms with E-state index in [1.54, 1.807) is 17.0 Å². The maximum absolute atomic E-state index is 13.2. The van der Waals surface area contributed by atoms with Crippen molar-refractivity contribution in [3.05, 3.63) is 66.0 Å². The number of nitrogens with zero attached hydrogens (tertiary/aromatic N) is 1. The van der Waals surface area contributed by atoms with E-state index >= 15 is 0 Å². The molecule has 1 aliphatic heterocycles. The first-order valence-corrected chi connectivity index (χ1v) is 10.1. The van der Waals surface area contributed by atoms with Crippen LogP contribution in [0.25, 0.3) is 0 Å². The maximum Gasteiger partial charge on any atom is 0.321 e. The first-order valence-electron chi connectivity index (χ1n) is 10.1. The van der Waals surface area contributed by atoms with Crippen molar-refractivity contribution < 1.29 is 14.0 Å². The molecule has 0 aromatic heterocycles. The zero-order chi connectivity index (χ0) is 20.8. The van der Waals surface area contributed by atoms with Gasteiger partial charge in [0, 0.05) is 18.8 Å². The highest BCUT2D eigenvalue weighted by atomic mass is 19.1. The molecule has 2 aromatic rings. The van der Waals surface area contributed by atoms with Gasteiger partial charge in [0.05, 0.1) is 12.0 Å². The number of carbonyl (C=O) groups is 2. The Labute approximate surface area is 171 Å². The largest absolute Gasteiger partial charge is 0.349 e. The maximum atomic E-state index is 13.2. The van der Waals surface area contributed by atoms with Crippen LogP contribution in [0.15, 0.2) is 54.6 Å². The third-order valence-electron chi connectivity index (χ3n) is 5.30. The van der Waals surface area contributed by atoms with Crippen LogP contribution in [0.3, 0.4) is 0 Å². The van der Waals surface area contributed by atoms with Crippen LogP contribution in [0.5, 0.6) is 0 Å². The van der Waals surface area contributed by atoms with Gasteiger partial charge >= 0.3 is 6.03 Å². The number of piperidine rings is 1. The lowest BCUT2D eigenvalue weighted by Crippen LogP contribution is -2.47. The molecule has 2 N–H and O–H groups in total. The molecule has 2 aromatic carbocycles. The smallest absolute Gasteiger partial charge is 0.321 e. The lowest BCUT2D eigenvalue weighted by atomic mass is 9.93. The number of benzene rings is 2. The van der Waals surface area contributed by atoms with Gasteiger partial charge in [0.1, 0.15) is 5.82 Å². The predicted molar refractivity (Wildman–Crippen MR) is 112 cm³/mol. The van der Waals surface area contributed by atoms with Gasteiger partial charge < -0.3 is 15.5 Å². The van der Waals surface area contributed by atoms with E-state index in [9.17, 15) is 14.0 Å². The van der Waals surface area contributed by atoms with Crippen LogP contribution in [0, 0.1) is 17.7 Å². The van der Waals surface area contributed by atoms with Crippen LogP contribution in [0.4, 0.5) is 14.9 Å². The minimum absolute atomic E-state index is 0.0646. The number of hydrogen-bond acceptors (Lipinski definition) is 2. The Morgan fingerprint density at radius 1 is 1.07 bits per heavy atom. The standard InChI is InChI=1S/C23H28FN3O2/c1-16(2)21(17-10-12-19(24)13-11-17)26-22(28)18-7-6-14-27(15-18)23(29)25-20-8-4-3-5-9-20/h3-5,8-13,16,18,21H,6-7,14-15H2,1-2H3,(H,25,29)(H,26,28)/t18-,21+/m0/s1. The number of anilines is 1. The highest BCUT2D eigenvalue weighted by Crippen LogP contribution is 2.24. The van der Waals surface area contributed by atoms with Crippen LogP contribution in [0.2, 0.25) is 0 Å². The number of amides is 3. The Kier molecular flexibility index (Phi) is 6.86. The van der Waals surface area contributed by atoms with Gasteiger partial charge in [-0.3, -0.25) is 4.79 Å². The molecule has 0 radical (unpaired) electrons. The lowest BCUT2D eigenvalue weighted by molar-refractivity contribution is -0.127. The Morgan fingerprint density at radius 3 is 2.41 bits per heavy atom. The molecule has 2 atom stereocenters. The predicted octanol–water partition coefficient (Wildman–Crippen LogP) is 4.58. The summed E-state index contributed by atoms with van der Waals surface area (Å²) in [4.78, 5) is 27.2. The summed E-state index contributed by atoms with van der Waals surface area (Å²) in [5.41, 5.74) is 1.62. The molecule has 6 heteroatoms. The number of hydrogen-bond donors (Lipinski definition) is 2. The summed E-state index contributed by atoms with van der Waals surface area (Å²) in [6.07, 6.45) is 1.53. The van der Waals surface area contributed by atoms with Crippen LogP contribution in [-0.4, -0.2) is 29.9 Å². The normalized spacial score (nSPS) is 17.7. The van der Waals surface area contributed by atoms with Gasteiger partial charge in [0.25, 0.3) is 0 Å². The van der Waals surface area contributed by atoms with Crippen LogP contribution < -0.4 is 10.6 Å². The van der Waals surface area contributed by atoms with Gasteiger partial charge in [-0.25, -0.2) is 9.18 Å². The van der Waals surface area contributed by atoms with Crippen LogP contribution in [-0.2, 0) is 4.79 Å². The topological polar surface area (TPSA) is 61.4 Å². The first kappa shape index (κ1) is 20.8. The van der Waals surface area contributed by atoms with Crippen molar-refractivity contribution in [1.82, 2.24) is 10.2 Å². The number of halogens is 1. The van der Waals surface area contributed by atoms with E-state index in [0.717, 1.165) is 24.1 Å². The molecular weight excluding hydrogens is 369 g/mol. The Balaban J connectivity index is 1.62. The molecule has 5 nitrogen and oxygen atoms in total.